The molecule has 2 heterocycles. The van der Waals surface area contributed by atoms with Crippen LogP contribution in [0.5, 0.6) is 0 Å². The van der Waals surface area contributed by atoms with Crippen LogP contribution in [0.2, 0.25) is 5.02 Å². The van der Waals surface area contributed by atoms with Gasteiger partial charge in [0, 0.05) is 35.9 Å². The molecule has 22 heavy (non-hydrogen) atoms. The van der Waals surface area contributed by atoms with E-state index in [2.05, 4.69) is 26.1 Å². The molecule has 2 aromatic rings. The Kier molecular flexibility index (Phi) is 4.54. The van der Waals surface area contributed by atoms with E-state index in [0.717, 1.165) is 47.1 Å². The minimum Gasteiger partial charge on any atom is -0.356 e. The van der Waals surface area contributed by atoms with Crippen molar-refractivity contribution in [2.24, 2.45) is 0 Å². The van der Waals surface area contributed by atoms with Gasteiger partial charge in [0.15, 0.2) is 0 Å². The van der Waals surface area contributed by atoms with E-state index in [9.17, 15) is 4.79 Å². The van der Waals surface area contributed by atoms with Gasteiger partial charge in [-0.2, -0.15) is 0 Å². The number of benzene rings is 1. The van der Waals surface area contributed by atoms with Crippen molar-refractivity contribution >= 4 is 50.2 Å². The van der Waals surface area contributed by atoms with E-state index in [1.54, 1.807) is 6.92 Å². The van der Waals surface area contributed by atoms with Gasteiger partial charge in [-0.3, -0.25) is 4.79 Å². The van der Waals surface area contributed by atoms with Crippen LogP contribution < -0.4 is 10.2 Å². The standard InChI is InChI=1S/C16H17BrClN3O/c1-10(22)19-13-4-6-21(7-5-13)15-3-2-11-8-12(17)9-14(18)16(11)20-15/h2-3,8-9,13H,4-7H2,1H3,(H,19,22). The predicted octanol–water partition coefficient (Wildman–Crippen LogP) is 3.76. The molecule has 1 aromatic carbocycles. The lowest BCUT2D eigenvalue weighted by atomic mass is 10.0. The molecule has 3 rings (SSSR count). The SMILES string of the molecule is CC(=O)NC1CCN(c2ccc3cc(Br)cc(Cl)c3n2)CC1. The first-order valence-corrected chi connectivity index (χ1v) is 8.48. The Balaban J connectivity index is 1.79. The quantitative estimate of drug-likeness (QED) is 0.860. The fraction of sp³-hybridized carbons (Fsp3) is 0.375. The number of anilines is 1. The second kappa shape index (κ2) is 6.42. The van der Waals surface area contributed by atoms with E-state index in [0.29, 0.717) is 5.02 Å². The maximum Gasteiger partial charge on any atom is 0.217 e. The van der Waals surface area contributed by atoms with Crippen molar-refractivity contribution in [1.82, 2.24) is 10.3 Å². The van der Waals surface area contributed by atoms with E-state index in [1.807, 2.05) is 24.3 Å². The summed E-state index contributed by atoms with van der Waals surface area (Å²) in [4.78, 5) is 18.1. The van der Waals surface area contributed by atoms with Crippen LogP contribution in [-0.4, -0.2) is 30.0 Å². The summed E-state index contributed by atoms with van der Waals surface area (Å²) in [6.07, 6.45) is 1.88. The molecule has 116 valence electrons. The minimum atomic E-state index is 0.0413. The zero-order chi connectivity index (χ0) is 15.7. The monoisotopic (exact) mass is 381 g/mol. The van der Waals surface area contributed by atoms with Gasteiger partial charge in [-0.1, -0.05) is 27.5 Å². The Morgan fingerprint density at radius 3 is 2.77 bits per heavy atom. The number of rotatable bonds is 2. The highest BCUT2D eigenvalue weighted by molar-refractivity contribution is 9.10. The first kappa shape index (κ1) is 15.6. The van der Waals surface area contributed by atoms with Crippen LogP contribution in [0.15, 0.2) is 28.7 Å². The lowest BCUT2D eigenvalue weighted by Gasteiger charge is -2.33. The van der Waals surface area contributed by atoms with Gasteiger partial charge in [-0.15, -0.1) is 0 Å². The van der Waals surface area contributed by atoms with Gasteiger partial charge in [0.2, 0.25) is 5.91 Å². The molecule has 0 spiro atoms. The summed E-state index contributed by atoms with van der Waals surface area (Å²) >= 11 is 9.74. The highest BCUT2D eigenvalue weighted by atomic mass is 79.9. The first-order chi connectivity index (χ1) is 10.5. The van der Waals surface area contributed by atoms with Crippen molar-refractivity contribution in [2.75, 3.05) is 18.0 Å². The molecule has 1 N–H and O–H groups in total. The number of aromatic nitrogens is 1. The number of piperidine rings is 1. The molecule has 1 aliphatic heterocycles. The van der Waals surface area contributed by atoms with Crippen LogP contribution in [0.25, 0.3) is 10.9 Å². The van der Waals surface area contributed by atoms with Crippen LogP contribution in [0, 0.1) is 0 Å². The Hall–Kier alpha value is -1.33. The van der Waals surface area contributed by atoms with Gasteiger partial charge in [-0.25, -0.2) is 4.98 Å². The second-order valence-corrected chi connectivity index (χ2v) is 6.91. The summed E-state index contributed by atoms with van der Waals surface area (Å²) in [7, 11) is 0. The molecule has 0 bridgehead atoms. The van der Waals surface area contributed by atoms with Crippen LogP contribution in [0.3, 0.4) is 0 Å². The van der Waals surface area contributed by atoms with Crippen molar-refractivity contribution in [1.29, 1.82) is 0 Å². The van der Waals surface area contributed by atoms with Gasteiger partial charge >= 0.3 is 0 Å². The van der Waals surface area contributed by atoms with Gasteiger partial charge in [-0.05, 0) is 37.1 Å². The Morgan fingerprint density at radius 1 is 1.36 bits per heavy atom. The van der Waals surface area contributed by atoms with E-state index >= 15 is 0 Å². The number of fused-ring (bicyclic) bond motifs is 1. The predicted molar refractivity (Wildman–Crippen MR) is 93.5 cm³/mol. The lowest BCUT2D eigenvalue weighted by molar-refractivity contribution is -0.119. The number of hydrogen-bond acceptors (Lipinski definition) is 3. The van der Waals surface area contributed by atoms with Crippen LogP contribution in [-0.2, 0) is 4.79 Å². The van der Waals surface area contributed by atoms with Gasteiger partial charge < -0.3 is 10.2 Å². The lowest BCUT2D eigenvalue weighted by Crippen LogP contribution is -2.44. The molecule has 0 aliphatic carbocycles. The van der Waals surface area contributed by atoms with Crippen LogP contribution in [0.4, 0.5) is 5.82 Å². The molecule has 1 saturated heterocycles. The number of amides is 1. The van der Waals surface area contributed by atoms with Crippen molar-refractivity contribution in [2.45, 2.75) is 25.8 Å². The third kappa shape index (κ3) is 3.36. The van der Waals surface area contributed by atoms with E-state index in [-0.39, 0.29) is 11.9 Å². The molecule has 0 radical (unpaired) electrons. The molecule has 1 aromatic heterocycles. The van der Waals surface area contributed by atoms with Crippen LogP contribution in [0.1, 0.15) is 19.8 Å². The van der Waals surface area contributed by atoms with Crippen molar-refractivity contribution in [3.63, 3.8) is 0 Å². The average Bonchev–Trinajstić information content (AvgIpc) is 2.47. The third-order valence-corrected chi connectivity index (χ3v) is 4.67. The first-order valence-electron chi connectivity index (χ1n) is 7.31. The number of halogens is 2. The molecule has 0 atom stereocenters. The molecule has 1 aliphatic rings. The molecule has 1 fully saturated rings. The van der Waals surface area contributed by atoms with E-state index < -0.39 is 0 Å². The summed E-state index contributed by atoms with van der Waals surface area (Å²) in [5.74, 6) is 0.984. The molecular formula is C16H17BrClN3O. The number of nitrogens with zero attached hydrogens (tertiary/aromatic N) is 2. The number of carbonyl (C=O) groups excluding carboxylic acids is 1. The highest BCUT2D eigenvalue weighted by Gasteiger charge is 2.21. The summed E-state index contributed by atoms with van der Waals surface area (Å²) in [5.41, 5.74) is 0.825. The fourth-order valence-corrected chi connectivity index (χ4v) is 3.74. The number of pyridine rings is 1. The van der Waals surface area contributed by atoms with Gasteiger partial charge in [0.25, 0.3) is 0 Å². The smallest absolute Gasteiger partial charge is 0.217 e. The zero-order valence-corrected chi connectivity index (χ0v) is 14.6. The maximum atomic E-state index is 11.1. The van der Waals surface area contributed by atoms with E-state index in [1.165, 1.54) is 0 Å². The molecule has 4 nitrogen and oxygen atoms in total. The van der Waals surface area contributed by atoms with Crippen molar-refractivity contribution in [3.05, 3.63) is 33.8 Å². The maximum absolute atomic E-state index is 11.1. The normalized spacial score (nSPS) is 16.0. The average molecular weight is 383 g/mol. The minimum absolute atomic E-state index is 0.0413. The largest absolute Gasteiger partial charge is 0.356 e. The third-order valence-electron chi connectivity index (χ3n) is 3.92. The molecule has 0 unspecified atom stereocenters. The Morgan fingerprint density at radius 2 is 2.09 bits per heavy atom. The molecule has 6 heteroatoms. The summed E-state index contributed by atoms with van der Waals surface area (Å²) in [6.45, 7) is 3.34. The van der Waals surface area contributed by atoms with Crippen LogP contribution >= 0.6 is 27.5 Å². The summed E-state index contributed by atoms with van der Waals surface area (Å²) < 4.78 is 0.954. The Labute approximate surface area is 143 Å². The van der Waals surface area contributed by atoms with Crippen molar-refractivity contribution in [3.8, 4) is 0 Å². The molecule has 1 amide bonds. The zero-order valence-electron chi connectivity index (χ0n) is 12.3. The number of carbonyl (C=O) groups is 1. The summed E-state index contributed by atoms with van der Waals surface area (Å²) in [6, 6.07) is 8.23. The Bertz CT molecular complexity index is 714. The van der Waals surface area contributed by atoms with Crippen molar-refractivity contribution < 1.29 is 4.79 Å². The highest BCUT2D eigenvalue weighted by Crippen LogP contribution is 2.29. The fourth-order valence-electron chi connectivity index (χ4n) is 2.86. The summed E-state index contributed by atoms with van der Waals surface area (Å²) in [5, 5.41) is 4.66. The van der Waals surface area contributed by atoms with Gasteiger partial charge in [0.1, 0.15) is 5.82 Å². The second-order valence-electron chi connectivity index (χ2n) is 5.59. The number of nitrogens with one attached hydrogen (secondary N) is 1. The number of hydrogen-bond donors (Lipinski definition) is 1. The topological polar surface area (TPSA) is 45.2 Å². The van der Waals surface area contributed by atoms with E-state index in [4.69, 9.17) is 16.6 Å². The van der Waals surface area contributed by atoms with Gasteiger partial charge in [0.05, 0.1) is 10.5 Å². The molecular weight excluding hydrogens is 366 g/mol. The molecule has 0 saturated carbocycles.